The zero-order chi connectivity index (χ0) is 19.4. The molecule has 4 atom stereocenters. The minimum atomic E-state index is -0.283. The third kappa shape index (κ3) is 3.05. The molecule has 0 spiro atoms. The van der Waals surface area contributed by atoms with Gasteiger partial charge in [-0.1, -0.05) is 13.0 Å². The molecule has 1 aliphatic carbocycles. The smallest absolute Gasteiger partial charge is 0.224 e. The molecular weight excluding hydrogens is 355 g/mol. The second-order valence-corrected chi connectivity index (χ2v) is 8.34. The molecule has 2 aromatic rings. The normalized spacial score (nSPS) is 28.6. The lowest BCUT2D eigenvalue weighted by atomic mass is 9.80. The molecule has 2 fully saturated rings. The van der Waals surface area contributed by atoms with Gasteiger partial charge in [0.05, 0.1) is 6.04 Å². The van der Waals surface area contributed by atoms with Gasteiger partial charge in [-0.05, 0) is 48.6 Å². The zero-order valence-corrected chi connectivity index (χ0v) is 16.2. The number of anilines is 2. The number of hydrogen-bond acceptors (Lipinski definition) is 4. The van der Waals surface area contributed by atoms with Gasteiger partial charge in [-0.25, -0.2) is 9.37 Å². The summed E-state index contributed by atoms with van der Waals surface area (Å²) in [4.78, 5) is 19.0. The summed E-state index contributed by atoms with van der Waals surface area (Å²) in [5.41, 5.74) is 2.84. The average molecular weight is 380 g/mol. The Kier molecular flexibility index (Phi) is 4.12. The summed E-state index contributed by atoms with van der Waals surface area (Å²) in [7, 11) is 0. The molecule has 5 rings (SSSR count). The summed E-state index contributed by atoms with van der Waals surface area (Å²) in [6, 6.07) is 9.29. The number of nitrogens with zero attached hydrogens (tertiary/aromatic N) is 2. The lowest BCUT2D eigenvalue weighted by molar-refractivity contribution is -0.117. The van der Waals surface area contributed by atoms with Crippen molar-refractivity contribution in [1.82, 2.24) is 10.3 Å². The van der Waals surface area contributed by atoms with Crippen LogP contribution in [0.2, 0.25) is 0 Å². The van der Waals surface area contributed by atoms with E-state index < -0.39 is 0 Å². The van der Waals surface area contributed by atoms with E-state index in [0.29, 0.717) is 12.0 Å². The Hall–Kier alpha value is -2.47. The van der Waals surface area contributed by atoms with Crippen molar-refractivity contribution in [2.45, 2.75) is 44.8 Å². The van der Waals surface area contributed by atoms with Gasteiger partial charge in [0.25, 0.3) is 0 Å². The van der Waals surface area contributed by atoms with Crippen LogP contribution < -0.4 is 15.5 Å². The van der Waals surface area contributed by atoms with Crippen LogP contribution in [0.5, 0.6) is 0 Å². The van der Waals surface area contributed by atoms with Crippen molar-refractivity contribution in [1.29, 1.82) is 0 Å². The lowest BCUT2D eigenvalue weighted by Gasteiger charge is -2.45. The number of nitrogens with one attached hydrogen (secondary N) is 2. The molecule has 2 aliphatic heterocycles. The summed E-state index contributed by atoms with van der Waals surface area (Å²) in [6.07, 6.45) is 4.18. The molecule has 3 aliphatic rings. The summed E-state index contributed by atoms with van der Waals surface area (Å²) in [5.74, 6) is 1.18. The first kappa shape index (κ1) is 17.6. The van der Waals surface area contributed by atoms with Crippen LogP contribution in [0.25, 0.3) is 0 Å². The molecule has 1 aromatic carbocycles. The van der Waals surface area contributed by atoms with Gasteiger partial charge in [0.15, 0.2) is 0 Å². The van der Waals surface area contributed by atoms with Crippen molar-refractivity contribution in [3.8, 4) is 0 Å². The highest BCUT2D eigenvalue weighted by atomic mass is 19.1. The molecule has 1 saturated heterocycles. The fourth-order valence-corrected chi connectivity index (χ4v) is 4.69. The Bertz CT molecular complexity index is 907. The highest BCUT2D eigenvalue weighted by molar-refractivity contribution is 5.94. The van der Waals surface area contributed by atoms with E-state index in [1.54, 1.807) is 19.1 Å². The zero-order valence-electron chi connectivity index (χ0n) is 16.2. The van der Waals surface area contributed by atoms with E-state index in [1.165, 1.54) is 11.6 Å². The Labute approximate surface area is 164 Å². The second kappa shape index (κ2) is 6.55. The van der Waals surface area contributed by atoms with Crippen LogP contribution in [0.1, 0.15) is 49.9 Å². The first-order valence-corrected chi connectivity index (χ1v) is 10.1. The lowest BCUT2D eigenvalue weighted by Crippen LogP contribution is -2.51. The third-order valence-corrected chi connectivity index (χ3v) is 6.29. The number of amides is 1. The molecule has 1 aromatic heterocycles. The number of carbonyl (C=O) groups excluding carboxylic acids is 1. The molecule has 1 amide bonds. The molecule has 0 bridgehead atoms. The molecule has 0 radical (unpaired) electrons. The highest BCUT2D eigenvalue weighted by Crippen LogP contribution is 2.50. The van der Waals surface area contributed by atoms with E-state index in [0.717, 1.165) is 36.5 Å². The molecule has 2 N–H and O–H groups in total. The Morgan fingerprint density at radius 1 is 1.29 bits per heavy atom. The predicted molar refractivity (Wildman–Crippen MR) is 107 cm³/mol. The Balaban J connectivity index is 1.52. The van der Waals surface area contributed by atoms with Crippen molar-refractivity contribution in [2.75, 3.05) is 16.8 Å². The van der Waals surface area contributed by atoms with Crippen LogP contribution in [0, 0.1) is 17.7 Å². The van der Waals surface area contributed by atoms with Crippen LogP contribution >= 0.6 is 0 Å². The number of pyridine rings is 1. The maximum atomic E-state index is 14.1. The van der Waals surface area contributed by atoms with E-state index in [9.17, 15) is 9.18 Å². The largest absolute Gasteiger partial charge is 0.363 e. The maximum Gasteiger partial charge on any atom is 0.224 e. The number of aromatic nitrogens is 1. The molecular formula is C22H25FN4O. The van der Waals surface area contributed by atoms with Gasteiger partial charge >= 0.3 is 0 Å². The van der Waals surface area contributed by atoms with Crippen LogP contribution in [-0.2, 0) is 4.79 Å². The van der Waals surface area contributed by atoms with E-state index in [4.69, 9.17) is 0 Å². The number of carbonyl (C=O) groups is 1. The number of halogens is 1. The van der Waals surface area contributed by atoms with E-state index >= 15 is 0 Å². The van der Waals surface area contributed by atoms with Crippen molar-refractivity contribution < 1.29 is 9.18 Å². The number of benzene rings is 1. The second-order valence-electron chi connectivity index (χ2n) is 8.34. The van der Waals surface area contributed by atoms with Crippen molar-refractivity contribution in [3.05, 3.63) is 53.5 Å². The standard InChI is InChI=1S/C22H25FN4O/c1-12-21(26-20-8-5-15(10-25-20)18-11-24-18)17-9-16(23)6-7-19(17)27(13(2)28)22(12)14-3-4-14/h5-10,12,14,18,21-22,24H,3-4,11H2,1-2H3,(H,25,26)/t12?,18?,21?,22-/m1/s1. The first-order chi connectivity index (χ1) is 13.5. The van der Waals surface area contributed by atoms with Crippen molar-refractivity contribution >= 4 is 17.4 Å². The predicted octanol–water partition coefficient (Wildman–Crippen LogP) is 3.80. The van der Waals surface area contributed by atoms with Gasteiger partial charge in [0.2, 0.25) is 5.91 Å². The number of hydrogen-bond donors (Lipinski definition) is 2. The monoisotopic (exact) mass is 380 g/mol. The van der Waals surface area contributed by atoms with Gasteiger partial charge < -0.3 is 15.5 Å². The van der Waals surface area contributed by atoms with Gasteiger partial charge in [-0.2, -0.15) is 0 Å². The van der Waals surface area contributed by atoms with Crippen LogP contribution in [-0.4, -0.2) is 23.5 Å². The minimum absolute atomic E-state index is 0.0227. The molecule has 146 valence electrons. The van der Waals surface area contributed by atoms with Crippen molar-refractivity contribution in [2.24, 2.45) is 11.8 Å². The van der Waals surface area contributed by atoms with E-state index in [2.05, 4.69) is 28.6 Å². The molecule has 3 unspecified atom stereocenters. The van der Waals surface area contributed by atoms with Crippen molar-refractivity contribution in [3.63, 3.8) is 0 Å². The fourth-order valence-electron chi connectivity index (χ4n) is 4.69. The minimum Gasteiger partial charge on any atom is -0.363 e. The summed E-state index contributed by atoms with van der Waals surface area (Å²) < 4.78 is 14.1. The summed E-state index contributed by atoms with van der Waals surface area (Å²) >= 11 is 0. The van der Waals surface area contributed by atoms with Crippen LogP contribution in [0.15, 0.2) is 36.5 Å². The van der Waals surface area contributed by atoms with Gasteiger partial charge in [-0.3, -0.25) is 4.79 Å². The van der Waals surface area contributed by atoms with E-state index in [1.807, 2.05) is 17.2 Å². The van der Waals surface area contributed by atoms with Gasteiger partial charge in [0, 0.05) is 48.9 Å². The summed E-state index contributed by atoms with van der Waals surface area (Å²) in [6.45, 7) is 4.77. The topological polar surface area (TPSA) is 67.2 Å². The highest BCUT2D eigenvalue weighted by Gasteiger charge is 2.47. The quantitative estimate of drug-likeness (QED) is 0.792. The molecule has 6 heteroatoms. The fraction of sp³-hybridized carbons (Fsp3) is 0.455. The Morgan fingerprint density at radius 3 is 2.68 bits per heavy atom. The van der Waals surface area contributed by atoms with Crippen LogP contribution in [0.3, 0.4) is 0 Å². The molecule has 3 heterocycles. The summed E-state index contributed by atoms with van der Waals surface area (Å²) in [5, 5.41) is 6.82. The first-order valence-electron chi connectivity index (χ1n) is 10.1. The number of fused-ring (bicyclic) bond motifs is 1. The molecule has 5 nitrogen and oxygen atoms in total. The third-order valence-electron chi connectivity index (χ3n) is 6.29. The molecule has 1 saturated carbocycles. The van der Waals surface area contributed by atoms with Gasteiger partial charge in [0.1, 0.15) is 11.6 Å². The maximum absolute atomic E-state index is 14.1. The molecule has 28 heavy (non-hydrogen) atoms. The van der Waals surface area contributed by atoms with Crippen LogP contribution in [0.4, 0.5) is 15.9 Å². The van der Waals surface area contributed by atoms with E-state index in [-0.39, 0.29) is 29.7 Å². The number of rotatable bonds is 4. The van der Waals surface area contributed by atoms with Gasteiger partial charge in [-0.15, -0.1) is 0 Å². The Morgan fingerprint density at radius 2 is 2.07 bits per heavy atom. The SMILES string of the molecule is CC(=O)N1c2ccc(F)cc2C(Nc2ccc(C3CN3)cn2)C(C)[C@@H]1C1CC1. The average Bonchev–Trinajstić information content (AvgIpc) is 3.56.